The number of rotatable bonds is 3. The Hall–Kier alpha value is -2.35. The van der Waals surface area contributed by atoms with Crippen molar-refractivity contribution in [3.05, 3.63) is 46.7 Å². The molecule has 2 amide bonds. The molecule has 4 nitrogen and oxygen atoms in total. The Morgan fingerprint density at radius 1 is 0.952 bits per heavy atom. The SMILES string of the molecule is O=C(Nc1ccc(NC(=O)C(F)(F)F)cc1)c1cccs1. The van der Waals surface area contributed by atoms with Gasteiger partial charge < -0.3 is 10.6 Å². The largest absolute Gasteiger partial charge is 0.471 e. The van der Waals surface area contributed by atoms with E-state index in [0.29, 0.717) is 10.6 Å². The number of hydrogen-bond donors (Lipinski definition) is 2. The summed E-state index contributed by atoms with van der Waals surface area (Å²) in [4.78, 5) is 23.0. The summed E-state index contributed by atoms with van der Waals surface area (Å²) in [7, 11) is 0. The lowest BCUT2D eigenvalue weighted by Crippen LogP contribution is -2.29. The van der Waals surface area contributed by atoms with Crippen LogP contribution in [0, 0.1) is 0 Å². The van der Waals surface area contributed by atoms with E-state index in [0.717, 1.165) is 0 Å². The zero-order chi connectivity index (χ0) is 15.5. The summed E-state index contributed by atoms with van der Waals surface area (Å²) in [6.45, 7) is 0. The van der Waals surface area contributed by atoms with Crippen LogP contribution < -0.4 is 10.6 Å². The smallest absolute Gasteiger partial charge is 0.321 e. The van der Waals surface area contributed by atoms with Gasteiger partial charge in [-0.25, -0.2) is 0 Å². The molecular formula is C13H9F3N2O2S. The van der Waals surface area contributed by atoms with E-state index in [1.165, 1.54) is 35.6 Å². The second kappa shape index (κ2) is 5.96. The molecule has 1 aromatic carbocycles. The van der Waals surface area contributed by atoms with Gasteiger partial charge in [-0.2, -0.15) is 13.2 Å². The number of carbonyl (C=O) groups excluding carboxylic acids is 2. The average Bonchev–Trinajstić information content (AvgIpc) is 2.94. The molecule has 0 saturated heterocycles. The van der Waals surface area contributed by atoms with Gasteiger partial charge in [-0.15, -0.1) is 11.3 Å². The predicted octanol–water partition coefficient (Wildman–Crippen LogP) is 3.50. The fraction of sp³-hybridized carbons (Fsp3) is 0.0769. The predicted molar refractivity (Wildman–Crippen MR) is 73.4 cm³/mol. The minimum Gasteiger partial charge on any atom is -0.321 e. The standard InChI is InChI=1S/C13H9F3N2O2S/c14-13(15,16)12(20)18-9-5-3-8(4-6-9)17-11(19)10-2-1-7-21-10/h1-7H,(H,17,19)(H,18,20). The number of nitrogens with one attached hydrogen (secondary N) is 2. The Bertz CT molecular complexity index is 636. The van der Waals surface area contributed by atoms with Gasteiger partial charge in [-0.05, 0) is 35.7 Å². The second-order valence-corrected chi connectivity index (χ2v) is 4.91. The van der Waals surface area contributed by atoms with Crippen LogP contribution in [0.2, 0.25) is 0 Å². The van der Waals surface area contributed by atoms with Crippen LogP contribution in [0.5, 0.6) is 0 Å². The van der Waals surface area contributed by atoms with E-state index in [4.69, 9.17) is 0 Å². The monoisotopic (exact) mass is 314 g/mol. The highest BCUT2D eigenvalue weighted by Gasteiger charge is 2.38. The first-order chi connectivity index (χ1) is 9.86. The van der Waals surface area contributed by atoms with E-state index >= 15 is 0 Å². The number of thiophene rings is 1. The molecule has 0 atom stereocenters. The van der Waals surface area contributed by atoms with E-state index in [1.807, 2.05) is 0 Å². The Balaban J connectivity index is 1.99. The van der Waals surface area contributed by atoms with E-state index < -0.39 is 12.1 Å². The van der Waals surface area contributed by atoms with Crippen LogP contribution >= 0.6 is 11.3 Å². The molecule has 8 heteroatoms. The number of anilines is 2. The van der Waals surface area contributed by atoms with Gasteiger partial charge in [-0.3, -0.25) is 9.59 Å². The molecule has 1 heterocycles. The molecule has 2 aromatic rings. The lowest BCUT2D eigenvalue weighted by Gasteiger charge is -2.09. The lowest BCUT2D eigenvalue weighted by molar-refractivity contribution is -0.167. The van der Waals surface area contributed by atoms with Gasteiger partial charge in [0.1, 0.15) is 0 Å². The number of hydrogen-bond acceptors (Lipinski definition) is 3. The Kier molecular flexibility index (Phi) is 4.27. The van der Waals surface area contributed by atoms with Crippen molar-refractivity contribution < 1.29 is 22.8 Å². The quantitative estimate of drug-likeness (QED) is 0.911. The molecule has 0 fully saturated rings. The van der Waals surface area contributed by atoms with Crippen molar-refractivity contribution in [2.75, 3.05) is 10.6 Å². The first-order valence-electron chi connectivity index (χ1n) is 5.69. The second-order valence-electron chi connectivity index (χ2n) is 3.96. The van der Waals surface area contributed by atoms with Crippen LogP contribution in [0.3, 0.4) is 0 Å². The van der Waals surface area contributed by atoms with Crippen molar-refractivity contribution in [3.8, 4) is 0 Å². The van der Waals surface area contributed by atoms with Crippen LogP contribution in [-0.2, 0) is 4.79 Å². The van der Waals surface area contributed by atoms with Crippen molar-refractivity contribution in [2.24, 2.45) is 0 Å². The molecule has 21 heavy (non-hydrogen) atoms. The zero-order valence-electron chi connectivity index (χ0n) is 10.4. The number of carbonyl (C=O) groups is 2. The maximum Gasteiger partial charge on any atom is 0.471 e. The fourth-order valence-corrected chi connectivity index (χ4v) is 2.06. The van der Waals surface area contributed by atoms with Crippen molar-refractivity contribution in [1.82, 2.24) is 0 Å². The van der Waals surface area contributed by atoms with Crippen LogP contribution in [0.1, 0.15) is 9.67 Å². The molecule has 0 aliphatic heterocycles. The topological polar surface area (TPSA) is 58.2 Å². The van der Waals surface area contributed by atoms with Crippen molar-refractivity contribution in [2.45, 2.75) is 6.18 Å². The third-order valence-corrected chi connectivity index (χ3v) is 3.27. The molecule has 110 valence electrons. The fourth-order valence-electron chi connectivity index (χ4n) is 1.44. The molecule has 0 aliphatic rings. The summed E-state index contributed by atoms with van der Waals surface area (Å²) >= 11 is 1.27. The van der Waals surface area contributed by atoms with Crippen LogP contribution in [-0.4, -0.2) is 18.0 Å². The van der Waals surface area contributed by atoms with Crippen molar-refractivity contribution in [1.29, 1.82) is 0 Å². The summed E-state index contributed by atoms with van der Waals surface area (Å²) in [5, 5.41) is 6.06. The van der Waals surface area contributed by atoms with Gasteiger partial charge >= 0.3 is 12.1 Å². The van der Waals surface area contributed by atoms with Gasteiger partial charge in [0.2, 0.25) is 0 Å². The number of benzene rings is 1. The normalized spacial score (nSPS) is 11.0. The summed E-state index contributed by atoms with van der Waals surface area (Å²) in [5.41, 5.74) is 0.407. The molecule has 0 unspecified atom stereocenters. The van der Waals surface area contributed by atoms with Gasteiger partial charge in [0.25, 0.3) is 5.91 Å². The first kappa shape index (κ1) is 15.0. The van der Waals surface area contributed by atoms with E-state index in [-0.39, 0.29) is 11.6 Å². The number of amides is 2. The Morgan fingerprint density at radius 3 is 2.00 bits per heavy atom. The summed E-state index contributed by atoms with van der Waals surface area (Å²) < 4.78 is 36.2. The molecule has 0 saturated carbocycles. The van der Waals surface area contributed by atoms with E-state index in [1.54, 1.807) is 22.8 Å². The first-order valence-corrected chi connectivity index (χ1v) is 6.57. The molecule has 0 bridgehead atoms. The molecule has 0 spiro atoms. The zero-order valence-corrected chi connectivity index (χ0v) is 11.2. The Morgan fingerprint density at radius 2 is 1.52 bits per heavy atom. The summed E-state index contributed by atoms with van der Waals surface area (Å²) in [6.07, 6.45) is -4.94. The van der Waals surface area contributed by atoms with Crippen LogP contribution in [0.4, 0.5) is 24.5 Å². The van der Waals surface area contributed by atoms with Gasteiger partial charge in [0.15, 0.2) is 0 Å². The van der Waals surface area contributed by atoms with Crippen molar-refractivity contribution in [3.63, 3.8) is 0 Å². The maximum absolute atomic E-state index is 12.1. The van der Waals surface area contributed by atoms with Gasteiger partial charge in [0.05, 0.1) is 4.88 Å². The van der Waals surface area contributed by atoms with E-state index in [9.17, 15) is 22.8 Å². The van der Waals surface area contributed by atoms with Gasteiger partial charge in [0, 0.05) is 11.4 Å². The van der Waals surface area contributed by atoms with E-state index in [2.05, 4.69) is 5.32 Å². The van der Waals surface area contributed by atoms with Gasteiger partial charge in [-0.1, -0.05) is 6.07 Å². The Labute approximate surface area is 121 Å². The third kappa shape index (κ3) is 4.06. The minimum absolute atomic E-state index is 0.00792. The lowest BCUT2D eigenvalue weighted by atomic mass is 10.2. The molecular weight excluding hydrogens is 305 g/mol. The maximum atomic E-state index is 12.1. The highest BCUT2D eigenvalue weighted by Crippen LogP contribution is 2.20. The van der Waals surface area contributed by atoms with Crippen molar-refractivity contribution >= 4 is 34.5 Å². The third-order valence-electron chi connectivity index (χ3n) is 2.40. The molecule has 0 aliphatic carbocycles. The van der Waals surface area contributed by atoms with Crippen LogP contribution in [0.15, 0.2) is 41.8 Å². The minimum atomic E-state index is -4.94. The summed E-state index contributed by atoms with van der Waals surface area (Å²) in [6, 6.07) is 8.73. The molecule has 2 N–H and O–H groups in total. The number of halogens is 3. The molecule has 1 aromatic heterocycles. The summed E-state index contributed by atoms with van der Waals surface area (Å²) in [5.74, 6) is -2.35. The molecule has 2 rings (SSSR count). The van der Waals surface area contributed by atoms with Crippen LogP contribution in [0.25, 0.3) is 0 Å². The molecule has 0 radical (unpaired) electrons. The average molecular weight is 314 g/mol. The highest BCUT2D eigenvalue weighted by molar-refractivity contribution is 7.12. The number of alkyl halides is 3. The highest BCUT2D eigenvalue weighted by atomic mass is 32.1.